The normalized spacial score (nSPS) is 11.2. The van der Waals surface area contributed by atoms with Crippen molar-refractivity contribution >= 4 is 11.0 Å². The summed E-state index contributed by atoms with van der Waals surface area (Å²) in [6.07, 6.45) is 1.69. The van der Waals surface area contributed by atoms with Crippen LogP contribution in [-0.2, 0) is 13.2 Å². The topological polar surface area (TPSA) is 27.1 Å². The second-order valence-electron chi connectivity index (χ2n) is 5.53. The Hall–Kier alpha value is -2.43. The molecule has 5 heteroatoms. The SMILES string of the molecule is CCn1c(C)c(C)c2nccc(OCc3cc(F)cc(F)c3)c21. The molecule has 3 nitrogen and oxygen atoms in total. The van der Waals surface area contributed by atoms with Crippen molar-refractivity contribution in [2.45, 2.75) is 33.9 Å². The van der Waals surface area contributed by atoms with E-state index in [2.05, 4.69) is 16.5 Å². The summed E-state index contributed by atoms with van der Waals surface area (Å²) in [5, 5.41) is 0. The summed E-state index contributed by atoms with van der Waals surface area (Å²) < 4.78 is 34.5. The number of rotatable bonds is 4. The molecule has 2 aromatic heterocycles. The van der Waals surface area contributed by atoms with E-state index in [0.717, 1.165) is 34.9 Å². The summed E-state index contributed by atoms with van der Waals surface area (Å²) in [5.74, 6) is -0.545. The summed E-state index contributed by atoms with van der Waals surface area (Å²) in [4.78, 5) is 4.43. The lowest BCUT2D eigenvalue weighted by molar-refractivity contribution is 0.307. The highest BCUT2D eigenvalue weighted by Gasteiger charge is 2.15. The summed E-state index contributed by atoms with van der Waals surface area (Å²) in [6.45, 7) is 7.03. The first-order chi connectivity index (χ1) is 11.0. The molecule has 0 aliphatic rings. The van der Waals surface area contributed by atoms with Crippen molar-refractivity contribution in [3.63, 3.8) is 0 Å². The molecule has 0 saturated carbocycles. The van der Waals surface area contributed by atoms with E-state index >= 15 is 0 Å². The lowest BCUT2D eigenvalue weighted by atomic mass is 10.2. The third-order valence-electron chi connectivity index (χ3n) is 4.09. The Kier molecular flexibility index (Phi) is 4.03. The fourth-order valence-electron chi connectivity index (χ4n) is 2.88. The molecule has 2 heterocycles. The monoisotopic (exact) mass is 316 g/mol. The summed E-state index contributed by atoms with van der Waals surface area (Å²) in [5.41, 5.74) is 4.52. The smallest absolute Gasteiger partial charge is 0.147 e. The maximum Gasteiger partial charge on any atom is 0.147 e. The van der Waals surface area contributed by atoms with Crippen molar-refractivity contribution in [1.82, 2.24) is 9.55 Å². The minimum absolute atomic E-state index is 0.0980. The van der Waals surface area contributed by atoms with Gasteiger partial charge in [-0.1, -0.05) is 0 Å². The molecule has 0 bridgehead atoms. The van der Waals surface area contributed by atoms with Crippen LogP contribution in [0.4, 0.5) is 8.78 Å². The predicted molar refractivity (Wildman–Crippen MR) is 85.6 cm³/mol. The Bertz CT molecular complexity index is 851. The van der Waals surface area contributed by atoms with Crippen molar-refractivity contribution in [2.24, 2.45) is 0 Å². The van der Waals surface area contributed by atoms with Gasteiger partial charge in [0.2, 0.25) is 0 Å². The third-order valence-corrected chi connectivity index (χ3v) is 4.09. The predicted octanol–water partition coefficient (Wildman–Crippen LogP) is 4.53. The Labute approximate surface area is 133 Å². The third kappa shape index (κ3) is 2.79. The number of hydrogen-bond donors (Lipinski definition) is 0. The van der Waals surface area contributed by atoms with Gasteiger partial charge >= 0.3 is 0 Å². The van der Waals surface area contributed by atoms with Gasteiger partial charge in [0, 0.05) is 30.6 Å². The average molecular weight is 316 g/mol. The quantitative estimate of drug-likeness (QED) is 0.707. The van der Waals surface area contributed by atoms with Crippen LogP contribution < -0.4 is 4.74 Å². The molecule has 0 radical (unpaired) electrons. The standard InChI is InChI=1S/C18H18F2N2O/c1-4-22-12(3)11(2)17-18(22)16(5-6-21-17)23-10-13-7-14(19)9-15(20)8-13/h5-9H,4,10H2,1-3H3. The largest absolute Gasteiger partial charge is 0.487 e. The second kappa shape index (κ2) is 5.99. The molecular weight excluding hydrogens is 298 g/mol. The van der Waals surface area contributed by atoms with E-state index in [0.29, 0.717) is 11.3 Å². The highest BCUT2D eigenvalue weighted by molar-refractivity contribution is 5.86. The zero-order valence-electron chi connectivity index (χ0n) is 13.4. The molecule has 1 aromatic carbocycles. The van der Waals surface area contributed by atoms with Crippen molar-refractivity contribution in [3.05, 3.63) is 58.9 Å². The Morgan fingerprint density at radius 3 is 2.48 bits per heavy atom. The number of hydrogen-bond acceptors (Lipinski definition) is 2. The lowest BCUT2D eigenvalue weighted by Gasteiger charge is -2.11. The number of benzene rings is 1. The molecule has 23 heavy (non-hydrogen) atoms. The first-order valence-corrected chi connectivity index (χ1v) is 7.53. The highest BCUT2D eigenvalue weighted by Crippen LogP contribution is 2.31. The van der Waals surface area contributed by atoms with Gasteiger partial charge in [-0.2, -0.15) is 0 Å². The van der Waals surface area contributed by atoms with E-state index in [9.17, 15) is 8.78 Å². The van der Waals surface area contributed by atoms with E-state index in [4.69, 9.17) is 4.74 Å². The molecule has 0 unspecified atom stereocenters. The zero-order valence-corrected chi connectivity index (χ0v) is 13.4. The number of pyridine rings is 1. The average Bonchev–Trinajstić information content (AvgIpc) is 2.76. The molecule has 0 aliphatic heterocycles. The molecule has 0 amide bonds. The van der Waals surface area contributed by atoms with Crippen molar-refractivity contribution < 1.29 is 13.5 Å². The van der Waals surface area contributed by atoms with E-state index in [1.54, 1.807) is 12.3 Å². The Morgan fingerprint density at radius 2 is 1.83 bits per heavy atom. The molecule has 0 spiro atoms. The minimum Gasteiger partial charge on any atom is -0.487 e. The van der Waals surface area contributed by atoms with E-state index in [1.165, 1.54) is 12.1 Å². The molecule has 0 atom stereocenters. The van der Waals surface area contributed by atoms with Crippen LogP contribution in [0.5, 0.6) is 5.75 Å². The number of aromatic nitrogens is 2. The number of halogens is 2. The van der Waals surface area contributed by atoms with Crippen molar-refractivity contribution in [2.75, 3.05) is 0 Å². The highest BCUT2D eigenvalue weighted by atomic mass is 19.1. The van der Waals surface area contributed by atoms with E-state index in [-0.39, 0.29) is 6.61 Å². The fraction of sp³-hybridized carbons (Fsp3) is 0.278. The van der Waals surface area contributed by atoms with Gasteiger partial charge in [-0.15, -0.1) is 0 Å². The molecule has 0 aliphatic carbocycles. The summed E-state index contributed by atoms with van der Waals surface area (Å²) in [6, 6.07) is 5.18. The Morgan fingerprint density at radius 1 is 1.13 bits per heavy atom. The molecule has 3 rings (SSSR count). The van der Waals surface area contributed by atoms with Gasteiger partial charge < -0.3 is 9.30 Å². The number of ether oxygens (including phenoxy) is 1. The molecular formula is C18H18F2N2O. The second-order valence-corrected chi connectivity index (χ2v) is 5.53. The van der Waals surface area contributed by atoms with Crippen molar-refractivity contribution in [3.8, 4) is 5.75 Å². The van der Waals surface area contributed by atoms with Crippen LogP contribution in [0.15, 0.2) is 30.5 Å². The van der Waals surface area contributed by atoms with Gasteiger partial charge in [0.1, 0.15) is 29.5 Å². The van der Waals surface area contributed by atoms with Crippen LogP contribution in [0.2, 0.25) is 0 Å². The number of fused-ring (bicyclic) bond motifs is 1. The van der Waals surface area contributed by atoms with Crippen molar-refractivity contribution in [1.29, 1.82) is 0 Å². The Balaban J connectivity index is 1.98. The van der Waals surface area contributed by atoms with Crippen LogP contribution in [0.25, 0.3) is 11.0 Å². The lowest BCUT2D eigenvalue weighted by Crippen LogP contribution is -2.01. The number of aryl methyl sites for hydroxylation is 2. The zero-order chi connectivity index (χ0) is 16.6. The first kappa shape index (κ1) is 15.5. The molecule has 3 aromatic rings. The van der Waals surface area contributed by atoms with Gasteiger partial charge in [-0.05, 0) is 44.0 Å². The molecule has 0 fully saturated rings. The molecule has 0 saturated heterocycles. The number of nitrogens with zero attached hydrogens (tertiary/aromatic N) is 2. The first-order valence-electron chi connectivity index (χ1n) is 7.53. The molecule has 0 N–H and O–H groups in total. The van der Waals surface area contributed by atoms with Gasteiger partial charge in [0.25, 0.3) is 0 Å². The van der Waals surface area contributed by atoms with Gasteiger partial charge in [-0.3, -0.25) is 4.98 Å². The van der Waals surface area contributed by atoms with Crippen LogP contribution in [0.3, 0.4) is 0 Å². The van der Waals surface area contributed by atoms with Crippen LogP contribution in [0, 0.1) is 25.5 Å². The minimum atomic E-state index is -0.605. The van der Waals surface area contributed by atoms with Crippen LogP contribution >= 0.6 is 0 Å². The van der Waals surface area contributed by atoms with E-state index in [1.807, 2.05) is 13.8 Å². The summed E-state index contributed by atoms with van der Waals surface area (Å²) in [7, 11) is 0. The van der Waals surface area contributed by atoms with Gasteiger partial charge in [0.05, 0.1) is 5.52 Å². The fourth-order valence-corrected chi connectivity index (χ4v) is 2.88. The van der Waals surface area contributed by atoms with Gasteiger partial charge in [-0.25, -0.2) is 8.78 Å². The van der Waals surface area contributed by atoms with Crippen LogP contribution in [-0.4, -0.2) is 9.55 Å². The maximum atomic E-state index is 13.3. The van der Waals surface area contributed by atoms with Crippen LogP contribution in [0.1, 0.15) is 23.7 Å². The molecule has 120 valence electrons. The van der Waals surface area contributed by atoms with E-state index < -0.39 is 11.6 Å². The maximum absolute atomic E-state index is 13.3. The van der Waals surface area contributed by atoms with Gasteiger partial charge in [0.15, 0.2) is 0 Å². The summed E-state index contributed by atoms with van der Waals surface area (Å²) >= 11 is 0.